The number of rotatable bonds is 9. The van der Waals surface area contributed by atoms with E-state index in [-0.39, 0.29) is 0 Å². The minimum absolute atomic E-state index is 0.640. The van der Waals surface area contributed by atoms with Gasteiger partial charge in [-0.05, 0) is 37.1 Å². The first kappa shape index (κ1) is 16.2. The van der Waals surface area contributed by atoms with Gasteiger partial charge in [-0.1, -0.05) is 52.0 Å². The second-order valence-corrected chi connectivity index (χ2v) is 5.12. The predicted octanol–water partition coefficient (Wildman–Crippen LogP) is 3.81. The molecule has 0 aliphatic carbocycles. The normalized spacial score (nSPS) is 11.5. The molecule has 1 aromatic rings. The van der Waals surface area contributed by atoms with Crippen LogP contribution in [0.5, 0.6) is 0 Å². The Balaban J connectivity index is 2.67. The van der Waals surface area contributed by atoms with E-state index in [9.17, 15) is 0 Å². The van der Waals surface area contributed by atoms with E-state index in [4.69, 9.17) is 0 Å². The molecule has 0 spiro atoms. The van der Waals surface area contributed by atoms with Crippen LogP contribution in [0.3, 0.4) is 0 Å². The molecule has 0 atom stereocenters. The maximum atomic E-state index is 3.67. The monoisotopic (exact) mass is 262 g/mol. The van der Waals surface area contributed by atoms with Gasteiger partial charge in [0.15, 0.2) is 0 Å². The quantitative estimate of drug-likeness (QED) is 0.728. The third-order valence-corrected chi connectivity index (χ3v) is 3.97. The Morgan fingerprint density at radius 2 is 1.53 bits per heavy atom. The van der Waals surface area contributed by atoms with Gasteiger partial charge in [-0.3, -0.25) is 4.90 Å². The van der Waals surface area contributed by atoms with Crippen LogP contribution in [0.4, 0.5) is 0 Å². The molecule has 1 N–H and O–H groups in total. The van der Waals surface area contributed by atoms with Gasteiger partial charge < -0.3 is 5.32 Å². The standard InChI is InChI=1S/C17H30N2/c1-5-17(6-2)18-13-15-11-9-10-12-16(15)14-19(7-3)8-4/h9-12,17-18H,5-8,13-14H2,1-4H3. The summed E-state index contributed by atoms with van der Waals surface area (Å²) in [6, 6.07) is 9.47. The Bertz CT molecular complexity index is 341. The van der Waals surface area contributed by atoms with Crippen molar-refractivity contribution in [1.82, 2.24) is 10.2 Å². The molecule has 0 aliphatic heterocycles. The van der Waals surface area contributed by atoms with Gasteiger partial charge in [0.25, 0.3) is 0 Å². The molecule has 0 unspecified atom stereocenters. The molecule has 2 heteroatoms. The topological polar surface area (TPSA) is 15.3 Å². The highest BCUT2D eigenvalue weighted by molar-refractivity contribution is 5.27. The average molecular weight is 262 g/mol. The summed E-state index contributed by atoms with van der Waals surface area (Å²) in [6.45, 7) is 13.3. The Morgan fingerprint density at radius 3 is 2.05 bits per heavy atom. The largest absolute Gasteiger partial charge is 0.310 e. The van der Waals surface area contributed by atoms with Crippen LogP contribution in [-0.4, -0.2) is 24.0 Å². The molecule has 0 heterocycles. The first-order valence-electron chi connectivity index (χ1n) is 7.77. The number of hydrogen-bond donors (Lipinski definition) is 1. The van der Waals surface area contributed by atoms with Crippen molar-refractivity contribution in [2.24, 2.45) is 0 Å². The molecule has 108 valence electrons. The van der Waals surface area contributed by atoms with Gasteiger partial charge in [-0.25, -0.2) is 0 Å². The molecule has 0 aliphatic rings. The van der Waals surface area contributed by atoms with E-state index in [2.05, 4.69) is 62.2 Å². The first-order valence-corrected chi connectivity index (χ1v) is 7.77. The molecule has 0 fully saturated rings. The maximum absolute atomic E-state index is 3.67. The Hall–Kier alpha value is -0.860. The summed E-state index contributed by atoms with van der Waals surface area (Å²) in [5.74, 6) is 0. The molecule has 1 aromatic carbocycles. The van der Waals surface area contributed by atoms with Gasteiger partial charge in [0.2, 0.25) is 0 Å². The zero-order valence-corrected chi connectivity index (χ0v) is 13.1. The van der Waals surface area contributed by atoms with Gasteiger partial charge in [0.1, 0.15) is 0 Å². The van der Waals surface area contributed by atoms with Gasteiger partial charge >= 0.3 is 0 Å². The highest BCUT2D eigenvalue weighted by Gasteiger charge is 2.08. The van der Waals surface area contributed by atoms with Crippen molar-refractivity contribution in [3.05, 3.63) is 35.4 Å². The number of hydrogen-bond acceptors (Lipinski definition) is 2. The van der Waals surface area contributed by atoms with Crippen LogP contribution < -0.4 is 5.32 Å². The summed E-state index contributed by atoms with van der Waals surface area (Å²) in [5.41, 5.74) is 2.91. The Labute approximate surface area is 119 Å². The lowest BCUT2D eigenvalue weighted by atomic mass is 10.1. The minimum atomic E-state index is 0.640. The van der Waals surface area contributed by atoms with Gasteiger partial charge in [0.05, 0.1) is 0 Å². The van der Waals surface area contributed by atoms with Crippen molar-refractivity contribution in [2.45, 2.75) is 59.7 Å². The van der Waals surface area contributed by atoms with Crippen LogP contribution in [0.15, 0.2) is 24.3 Å². The Kier molecular flexibility index (Phi) is 7.76. The van der Waals surface area contributed by atoms with Crippen LogP contribution in [0.2, 0.25) is 0 Å². The van der Waals surface area contributed by atoms with Crippen LogP contribution in [0.1, 0.15) is 51.7 Å². The average Bonchev–Trinajstić information content (AvgIpc) is 2.47. The molecule has 0 radical (unpaired) electrons. The van der Waals surface area contributed by atoms with Crippen LogP contribution in [0, 0.1) is 0 Å². The zero-order valence-electron chi connectivity index (χ0n) is 13.1. The SMILES string of the molecule is CCC(CC)NCc1ccccc1CN(CC)CC. The molecule has 0 saturated carbocycles. The van der Waals surface area contributed by atoms with E-state index in [0.717, 1.165) is 26.2 Å². The van der Waals surface area contributed by atoms with E-state index in [1.54, 1.807) is 0 Å². The number of nitrogens with one attached hydrogen (secondary N) is 1. The fourth-order valence-electron chi connectivity index (χ4n) is 2.40. The molecule has 0 amide bonds. The number of benzene rings is 1. The predicted molar refractivity (Wildman–Crippen MR) is 84.3 cm³/mol. The number of nitrogens with zero attached hydrogens (tertiary/aromatic N) is 1. The van der Waals surface area contributed by atoms with Gasteiger partial charge in [0, 0.05) is 19.1 Å². The second kappa shape index (κ2) is 9.11. The molecule has 0 bridgehead atoms. The maximum Gasteiger partial charge on any atom is 0.0236 e. The minimum Gasteiger partial charge on any atom is -0.310 e. The highest BCUT2D eigenvalue weighted by Crippen LogP contribution is 2.12. The molecule has 0 saturated heterocycles. The fraction of sp³-hybridized carbons (Fsp3) is 0.647. The van der Waals surface area contributed by atoms with Crippen LogP contribution in [0.25, 0.3) is 0 Å². The molecule has 2 nitrogen and oxygen atoms in total. The van der Waals surface area contributed by atoms with E-state index in [0.29, 0.717) is 6.04 Å². The van der Waals surface area contributed by atoms with Crippen molar-refractivity contribution in [3.8, 4) is 0 Å². The van der Waals surface area contributed by atoms with E-state index in [1.165, 1.54) is 24.0 Å². The van der Waals surface area contributed by atoms with Crippen molar-refractivity contribution in [1.29, 1.82) is 0 Å². The molecule has 0 aromatic heterocycles. The lowest BCUT2D eigenvalue weighted by Gasteiger charge is -2.21. The molecule has 19 heavy (non-hydrogen) atoms. The van der Waals surface area contributed by atoms with E-state index in [1.807, 2.05) is 0 Å². The van der Waals surface area contributed by atoms with Crippen molar-refractivity contribution in [3.63, 3.8) is 0 Å². The van der Waals surface area contributed by atoms with Crippen molar-refractivity contribution in [2.75, 3.05) is 13.1 Å². The highest BCUT2D eigenvalue weighted by atomic mass is 15.1. The summed E-state index contributed by atoms with van der Waals surface area (Å²) in [6.07, 6.45) is 2.41. The summed E-state index contributed by atoms with van der Waals surface area (Å²) in [4.78, 5) is 2.47. The zero-order chi connectivity index (χ0) is 14.1. The Morgan fingerprint density at radius 1 is 0.947 bits per heavy atom. The smallest absolute Gasteiger partial charge is 0.0236 e. The first-order chi connectivity index (χ1) is 9.24. The van der Waals surface area contributed by atoms with Crippen LogP contribution >= 0.6 is 0 Å². The van der Waals surface area contributed by atoms with E-state index >= 15 is 0 Å². The van der Waals surface area contributed by atoms with Gasteiger partial charge in [-0.2, -0.15) is 0 Å². The van der Waals surface area contributed by atoms with Crippen LogP contribution in [-0.2, 0) is 13.1 Å². The third kappa shape index (κ3) is 5.33. The molecular weight excluding hydrogens is 232 g/mol. The summed E-state index contributed by atoms with van der Waals surface area (Å²) < 4.78 is 0. The lowest BCUT2D eigenvalue weighted by molar-refractivity contribution is 0.294. The van der Waals surface area contributed by atoms with E-state index < -0.39 is 0 Å². The van der Waals surface area contributed by atoms with Crippen molar-refractivity contribution < 1.29 is 0 Å². The van der Waals surface area contributed by atoms with Crippen molar-refractivity contribution >= 4 is 0 Å². The summed E-state index contributed by atoms with van der Waals surface area (Å²) in [5, 5.41) is 3.67. The second-order valence-electron chi connectivity index (χ2n) is 5.12. The van der Waals surface area contributed by atoms with Gasteiger partial charge in [-0.15, -0.1) is 0 Å². The fourth-order valence-corrected chi connectivity index (χ4v) is 2.40. The summed E-state index contributed by atoms with van der Waals surface area (Å²) >= 11 is 0. The summed E-state index contributed by atoms with van der Waals surface area (Å²) in [7, 11) is 0. The lowest BCUT2D eigenvalue weighted by Crippen LogP contribution is -2.28. The molecule has 1 rings (SSSR count). The third-order valence-electron chi connectivity index (χ3n) is 3.97. The molecular formula is C17H30N2.